The van der Waals surface area contributed by atoms with Gasteiger partial charge in [0.15, 0.2) is 11.0 Å². The Kier molecular flexibility index (Phi) is 5.06. The third kappa shape index (κ3) is 3.66. The maximum absolute atomic E-state index is 11.9. The van der Waals surface area contributed by atoms with Crippen molar-refractivity contribution >= 4 is 17.7 Å². The van der Waals surface area contributed by atoms with Crippen LogP contribution in [0.25, 0.3) is 17.1 Å². The number of carbonyl (C=O) groups excluding carboxylic acids is 1. The van der Waals surface area contributed by atoms with Gasteiger partial charge in [-0.05, 0) is 43.3 Å². The average Bonchev–Trinajstić information content (AvgIpc) is 3.30. The molecule has 1 aliphatic heterocycles. The molecular formula is C19H18N4O3S. The lowest BCUT2D eigenvalue weighted by molar-refractivity contribution is -0.137. The van der Waals surface area contributed by atoms with Crippen molar-refractivity contribution < 1.29 is 14.3 Å². The number of benzene rings is 1. The largest absolute Gasteiger partial charge is 0.494 e. The first-order chi connectivity index (χ1) is 13.3. The second-order valence-electron chi connectivity index (χ2n) is 5.87. The zero-order valence-corrected chi connectivity index (χ0v) is 15.6. The van der Waals surface area contributed by atoms with Gasteiger partial charge in [-0.25, -0.2) is 0 Å². The molecular weight excluding hydrogens is 364 g/mol. The van der Waals surface area contributed by atoms with Crippen LogP contribution >= 0.6 is 11.8 Å². The van der Waals surface area contributed by atoms with Crippen LogP contribution in [0.3, 0.4) is 0 Å². The van der Waals surface area contributed by atoms with E-state index in [1.807, 2.05) is 47.9 Å². The number of hydrogen-bond acceptors (Lipinski definition) is 7. The molecule has 0 N–H and O–H groups in total. The zero-order chi connectivity index (χ0) is 18.6. The number of nitrogens with zero attached hydrogens (tertiary/aromatic N) is 4. The minimum atomic E-state index is -0.266. The molecule has 0 spiro atoms. The van der Waals surface area contributed by atoms with Gasteiger partial charge in [-0.15, -0.1) is 10.2 Å². The van der Waals surface area contributed by atoms with Crippen LogP contribution < -0.4 is 4.74 Å². The number of rotatable bonds is 6. The summed E-state index contributed by atoms with van der Waals surface area (Å²) in [6.45, 7) is 3.00. The lowest BCUT2D eigenvalue weighted by Crippen LogP contribution is -2.11. The molecule has 1 aromatic carbocycles. The molecule has 2 aromatic heterocycles. The summed E-state index contributed by atoms with van der Waals surface area (Å²) in [6, 6.07) is 11.5. The van der Waals surface area contributed by atoms with Gasteiger partial charge in [-0.2, -0.15) is 0 Å². The number of esters is 1. The third-order valence-electron chi connectivity index (χ3n) is 4.09. The van der Waals surface area contributed by atoms with Crippen molar-refractivity contribution in [3.63, 3.8) is 0 Å². The minimum Gasteiger partial charge on any atom is -0.494 e. The van der Waals surface area contributed by atoms with E-state index in [2.05, 4.69) is 15.2 Å². The molecule has 0 radical (unpaired) electrons. The molecule has 3 aromatic rings. The van der Waals surface area contributed by atoms with Crippen molar-refractivity contribution in [3.8, 4) is 22.8 Å². The Labute approximate surface area is 160 Å². The lowest BCUT2D eigenvalue weighted by Gasteiger charge is -2.12. The average molecular weight is 382 g/mol. The quantitative estimate of drug-likeness (QED) is 0.606. The van der Waals surface area contributed by atoms with Gasteiger partial charge in [0, 0.05) is 30.1 Å². The molecule has 1 saturated heterocycles. The van der Waals surface area contributed by atoms with Crippen LogP contribution in [0, 0.1) is 0 Å². The summed E-state index contributed by atoms with van der Waals surface area (Å²) < 4.78 is 12.5. The van der Waals surface area contributed by atoms with Gasteiger partial charge in [-0.1, -0.05) is 11.8 Å². The Balaban J connectivity index is 1.75. The van der Waals surface area contributed by atoms with Gasteiger partial charge < -0.3 is 9.47 Å². The predicted molar refractivity (Wildman–Crippen MR) is 101 cm³/mol. The highest BCUT2D eigenvalue weighted by molar-refractivity contribution is 8.00. The first kappa shape index (κ1) is 17.5. The molecule has 27 heavy (non-hydrogen) atoms. The van der Waals surface area contributed by atoms with Crippen LogP contribution in [0.2, 0.25) is 0 Å². The van der Waals surface area contributed by atoms with Gasteiger partial charge in [0.2, 0.25) is 0 Å². The lowest BCUT2D eigenvalue weighted by atomic mass is 10.2. The predicted octanol–water partition coefficient (Wildman–Crippen LogP) is 3.14. The molecule has 4 rings (SSSR count). The van der Waals surface area contributed by atoms with E-state index < -0.39 is 0 Å². The standard InChI is InChI=1S/C19H18N4O3S/c1-2-25-15-7-5-14(6-8-15)23-17(13-4-3-10-20-12-13)21-22-19(23)27-16-9-11-26-18(16)24/h3-8,10,12,16H,2,9,11H2,1H3/t16-/m0/s1. The molecule has 1 aliphatic rings. The van der Waals surface area contributed by atoms with E-state index in [0.29, 0.717) is 30.6 Å². The van der Waals surface area contributed by atoms with Gasteiger partial charge >= 0.3 is 5.97 Å². The summed E-state index contributed by atoms with van der Waals surface area (Å²) in [5, 5.41) is 9.07. The number of carbonyl (C=O) groups is 1. The molecule has 138 valence electrons. The second-order valence-corrected chi connectivity index (χ2v) is 7.04. The van der Waals surface area contributed by atoms with Crippen molar-refractivity contribution in [2.45, 2.75) is 23.8 Å². The first-order valence-electron chi connectivity index (χ1n) is 8.68. The fourth-order valence-corrected chi connectivity index (χ4v) is 3.85. The third-order valence-corrected chi connectivity index (χ3v) is 5.28. The monoisotopic (exact) mass is 382 g/mol. The normalized spacial score (nSPS) is 16.3. The number of pyridine rings is 1. The van der Waals surface area contributed by atoms with Crippen LogP contribution in [0.5, 0.6) is 5.75 Å². The van der Waals surface area contributed by atoms with Crippen LogP contribution in [0.1, 0.15) is 13.3 Å². The topological polar surface area (TPSA) is 79.1 Å². The number of aromatic nitrogens is 4. The molecule has 3 heterocycles. The van der Waals surface area contributed by atoms with E-state index in [9.17, 15) is 4.79 Å². The number of thioether (sulfide) groups is 1. The van der Waals surface area contributed by atoms with E-state index in [0.717, 1.165) is 17.0 Å². The van der Waals surface area contributed by atoms with Gasteiger partial charge in [0.25, 0.3) is 0 Å². The van der Waals surface area contributed by atoms with E-state index in [-0.39, 0.29) is 11.2 Å². The Morgan fingerprint density at radius 1 is 1.26 bits per heavy atom. The molecule has 0 saturated carbocycles. The van der Waals surface area contributed by atoms with E-state index in [4.69, 9.17) is 9.47 Å². The van der Waals surface area contributed by atoms with Crippen molar-refractivity contribution in [2.75, 3.05) is 13.2 Å². The zero-order valence-electron chi connectivity index (χ0n) is 14.7. The van der Waals surface area contributed by atoms with Crippen LogP contribution in [-0.2, 0) is 9.53 Å². The minimum absolute atomic E-state index is 0.204. The van der Waals surface area contributed by atoms with Crippen LogP contribution in [-0.4, -0.2) is 44.2 Å². The summed E-state index contributed by atoms with van der Waals surface area (Å²) >= 11 is 1.37. The van der Waals surface area contributed by atoms with Gasteiger partial charge in [0.05, 0.1) is 13.2 Å². The van der Waals surface area contributed by atoms with Crippen molar-refractivity contribution in [2.24, 2.45) is 0 Å². The van der Waals surface area contributed by atoms with E-state index >= 15 is 0 Å². The second kappa shape index (κ2) is 7.79. The summed E-state index contributed by atoms with van der Waals surface area (Å²) in [6.07, 6.45) is 4.13. The highest BCUT2D eigenvalue weighted by atomic mass is 32.2. The van der Waals surface area contributed by atoms with Crippen LogP contribution in [0.4, 0.5) is 0 Å². The molecule has 1 fully saturated rings. The molecule has 0 unspecified atom stereocenters. The summed E-state index contributed by atoms with van der Waals surface area (Å²) in [5.41, 5.74) is 1.73. The molecule has 1 atom stereocenters. The van der Waals surface area contributed by atoms with Crippen molar-refractivity contribution in [1.29, 1.82) is 0 Å². The Bertz CT molecular complexity index is 928. The Hall–Kier alpha value is -2.87. The number of cyclic esters (lactones) is 1. The van der Waals surface area contributed by atoms with E-state index in [1.54, 1.807) is 12.4 Å². The number of hydrogen-bond donors (Lipinski definition) is 0. The molecule has 7 nitrogen and oxygen atoms in total. The first-order valence-corrected chi connectivity index (χ1v) is 9.56. The Morgan fingerprint density at radius 2 is 2.11 bits per heavy atom. The van der Waals surface area contributed by atoms with Gasteiger partial charge in [-0.3, -0.25) is 14.3 Å². The van der Waals surface area contributed by atoms with Crippen molar-refractivity contribution in [1.82, 2.24) is 19.7 Å². The van der Waals surface area contributed by atoms with Crippen molar-refractivity contribution in [3.05, 3.63) is 48.8 Å². The summed E-state index contributed by atoms with van der Waals surface area (Å²) in [4.78, 5) is 16.1. The SMILES string of the molecule is CCOc1ccc(-n2c(S[C@H]3CCOC3=O)nnc2-c2cccnc2)cc1. The fraction of sp³-hybridized carbons (Fsp3) is 0.263. The van der Waals surface area contributed by atoms with Crippen LogP contribution in [0.15, 0.2) is 53.9 Å². The summed E-state index contributed by atoms with van der Waals surface area (Å²) in [5.74, 6) is 1.26. The molecule has 8 heteroatoms. The fourth-order valence-electron chi connectivity index (χ4n) is 2.83. The smallest absolute Gasteiger partial charge is 0.319 e. The molecule has 0 bridgehead atoms. The summed E-state index contributed by atoms with van der Waals surface area (Å²) in [7, 11) is 0. The maximum atomic E-state index is 11.9. The number of ether oxygens (including phenoxy) is 2. The molecule has 0 aliphatic carbocycles. The molecule has 0 amide bonds. The highest BCUT2D eigenvalue weighted by Crippen LogP contribution is 2.33. The maximum Gasteiger partial charge on any atom is 0.319 e. The Morgan fingerprint density at radius 3 is 2.78 bits per heavy atom. The van der Waals surface area contributed by atoms with E-state index in [1.165, 1.54) is 11.8 Å². The highest BCUT2D eigenvalue weighted by Gasteiger charge is 2.30. The van der Waals surface area contributed by atoms with Gasteiger partial charge in [0.1, 0.15) is 11.0 Å².